The van der Waals surface area contributed by atoms with Gasteiger partial charge in [-0.15, -0.1) is 0 Å². The first-order valence-electron chi connectivity index (χ1n) is 9.26. The maximum Gasteiger partial charge on any atom is 0.413 e. The topological polar surface area (TPSA) is 88.2 Å². The zero-order valence-electron chi connectivity index (χ0n) is 15.1. The first-order chi connectivity index (χ1) is 13.2. The predicted octanol–water partition coefficient (Wildman–Crippen LogP) is 0.922. The lowest BCUT2D eigenvalue weighted by Gasteiger charge is -2.25. The minimum atomic E-state index is -0.684. The smallest absolute Gasteiger partial charge is 0.413 e. The van der Waals surface area contributed by atoms with Crippen LogP contribution in [-0.2, 0) is 17.6 Å². The molecule has 2 aromatic carbocycles. The van der Waals surface area contributed by atoms with Crippen molar-refractivity contribution < 1.29 is 9.82 Å². The van der Waals surface area contributed by atoms with Crippen molar-refractivity contribution in [2.75, 3.05) is 13.1 Å². The number of rotatable bonds is 5. The minimum Gasteiger partial charge on any atom is -0.433 e. The summed E-state index contributed by atoms with van der Waals surface area (Å²) in [5, 5.41) is 15.4. The summed E-state index contributed by atoms with van der Waals surface area (Å²) in [5.74, 6) is -0.259. The maximum absolute atomic E-state index is 13.1. The Morgan fingerprint density at radius 3 is 3.00 bits per heavy atom. The summed E-state index contributed by atoms with van der Waals surface area (Å²) in [6.45, 7) is 0.950. The fraction of sp³-hybridized carbons (Fsp3) is 0.238. The van der Waals surface area contributed by atoms with Crippen LogP contribution in [-0.4, -0.2) is 35.9 Å². The highest BCUT2D eigenvalue weighted by Gasteiger charge is 2.28. The number of carbonyl (C=O) groups excluding carboxylic acids is 1. The lowest BCUT2D eigenvalue weighted by Crippen LogP contribution is -2.52. The zero-order chi connectivity index (χ0) is 18.8. The third-order valence-electron chi connectivity index (χ3n) is 5.34. The molecule has 1 aromatic heterocycles. The fourth-order valence-electron chi connectivity index (χ4n) is 3.94. The first kappa shape index (κ1) is 17.9. The van der Waals surface area contributed by atoms with Crippen LogP contribution in [0.3, 0.4) is 0 Å². The number of nitrogens with two attached hydrogens (primary N) is 1. The molecule has 0 fully saturated rings. The number of Topliss-reactive ketones (excluding diaryl/α,β-unsaturated/α-hetero) is 1. The lowest BCUT2D eigenvalue weighted by molar-refractivity contribution is -0.119. The van der Waals surface area contributed by atoms with E-state index in [9.17, 15) is 9.82 Å². The van der Waals surface area contributed by atoms with Gasteiger partial charge in [-0.2, -0.15) is 0 Å². The monoisotopic (exact) mass is 359 g/mol. The van der Waals surface area contributed by atoms with Gasteiger partial charge >= 0.3 is 7.05 Å². The predicted molar refractivity (Wildman–Crippen MR) is 108 cm³/mol. The number of ketones is 1. The van der Waals surface area contributed by atoms with Crippen LogP contribution in [0.15, 0.2) is 54.9 Å². The van der Waals surface area contributed by atoms with Gasteiger partial charge in [-0.3, -0.25) is 9.78 Å². The van der Waals surface area contributed by atoms with E-state index in [4.69, 9.17) is 5.73 Å². The molecule has 5 nitrogen and oxygen atoms in total. The Morgan fingerprint density at radius 2 is 2.15 bits per heavy atom. The van der Waals surface area contributed by atoms with E-state index in [0.717, 1.165) is 39.3 Å². The number of hydrogen-bond donors (Lipinski definition) is 3. The Kier molecular flexibility index (Phi) is 5.03. The Hall–Kier alpha value is -2.54. The van der Waals surface area contributed by atoms with Crippen LogP contribution in [0.2, 0.25) is 0 Å². The average molecular weight is 359 g/mol. The van der Waals surface area contributed by atoms with Crippen molar-refractivity contribution in [3.05, 3.63) is 71.5 Å². The molecule has 0 spiro atoms. The Morgan fingerprint density at radius 1 is 1.26 bits per heavy atom. The lowest BCUT2D eigenvalue weighted by atomic mass is 9.66. The third-order valence-corrected chi connectivity index (χ3v) is 5.34. The van der Waals surface area contributed by atoms with Crippen molar-refractivity contribution in [2.24, 2.45) is 5.73 Å². The van der Waals surface area contributed by atoms with Crippen LogP contribution in [0.4, 0.5) is 0 Å². The summed E-state index contributed by atoms with van der Waals surface area (Å²) >= 11 is 0. The van der Waals surface area contributed by atoms with Crippen LogP contribution < -0.4 is 16.4 Å². The molecule has 4 N–H and O–H groups in total. The quantitative estimate of drug-likeness (QED) is 0.590. The van der Waals surface area contributed by atoms with Gasteiger partial charge in [0, 0.05) is 30.7 Å². The zero-order valence-corrected chi connectivity index (χ0v) is 15.1. The highest BCUT2D eigenvalue weighted by atomic mass is 16.2. The van der Waals surface area contributed by atoms with E-state index >= 15 is 0 Å². The van der Waals surface area contributed by atoms with Gasteiger partial charge in [0.1, 0.15) is 5.78 Å². The molecular formula is C21H22BN3O2. The third kappa shape index (κ3) is 3.51. The normalized spacial score (nSPS) is 14.8. The summed E-state index contributed by atoms with van der Waals surface area (Å²) in [4.78, 5) is 17.2. The van der Waals surface area contributed by atoms with E-state index in [0.29, 0.717) is 13.0 Å². The molecular weight excluding hydrogens is 337 g/mol. The van der Waals surface area contributed by atoms with Crippen LogP contribution in [0, 0.1) is 0 Å². The van der Waals surface area contributed by atoms with Gasteiger partial charge in [-0.25, -0.2) is 0 Å². The van der Waals surface area contributed by atoms with E-state index < -0.39 is 7.05 Å². The molecule has 1 atom stereocenters. The Balaban J connectivity index is 1.62. The molecule has 0 saturated heterocycles. The molecule has 136 valence electrons. The van der Waals surface area contributed by atoms with Gasteiger partial charge in [0.25, 0.3) is 0 Å². The molecule has 0 amide bonds. The average Bonchev–Trinajstić information content (AvgIpc) is 2.69. The molecule has 1 aliphatic heterocycles. The summed E-state index contributed by atoms with van der Waals surface area (Å²) < 4.78 is 0. The van der Waals surface area contributed by atoms with Crippen LogP contribution in [0.5, 0.6) is 0 Å². The van der Waals surface area contributed by atoms with Gasteiger partial charge in [0.05, 0.1) is 5.92 Å². The Labute approximate surface area is 158 Å². The SMILES string of the molecule is NC[C@@H](C(=O)Cc1ccc2cnccc2c1)c1cccc2c1CCNB2O. The number of fused-ring (bicyclic) bond motifs is 2. The van der Waals surface area contributed by atoms with Crippen molar-refractivity contribution in [1.29, 1.82) is 0 Å². The van der Waals surface area contributed by atoms with E-state index in [1.807, 2.05) is 48.7 Å². The van der Waals surface area contributed by atoms with E-state index in [1.165, 1.54) is 0 Å². The molecule has 0 unspecified atom stereocenters. The number of aromatic nitrogens is 1. The van der Waals surface area contributed by atoms with E-state index in [1.54, 1.807) is 6.20 Å². The number of nitrogens with zero attached hydrogens (tertiary/aromatic N) is 1. The maximum atomic E-state index is 13.1. The molecule has 0 bridgehead atoms. The summed E-state index contributed by atoms with van der Waals surface area (Å²) in [5.41, 5.74) is 9.84. The van der Waals surface area contributed by atoms with Gasteiger partial charge in [0.15, 0.2) is 0 Å². The van der Waals surface area contributed by atoms with Gasteiger partial charge in [-0.05, 0) is 46.6 Å². The molecule has 2 heterocycles. The van der Waals surface area contributed by atoms with Crippen molar-refractivity contribution in [1.82, 2.24) is 10.2 Å². The van der Waals surface area contributed by atoms with E-state index in [-0.39, 0.29) is 18.2 Å². The summed E-state index contributed by atoms with van der Waals surface area (Å²) in [7, 11) is -0.684. The molecule has 6 heteroatoms. The van der Waals surface area contributed by atoms with Gasteiger partial charge < -0.3 is 16.0 Å². The molecule has 0 saturated carbocycles. The van der Waals surface area contributed by atoms with E-state index in [2.05, 4.69) is 10.2 Å². The highest BCUT2D eigenvalue weighted by molar-refractivity contribution is 6.64. The Bertz CT molecular complexity index is 992. The minimum absolute atomic E-state index is 0.104. The molecule has 0 aliphatic carbocycles. The number of nitrogens with one attached hydrogen (secondary N) is 1. The number of hydrogen-bond acceptors (Lipinski definition) is 5. The molecule has 3 aromatic rings. The fourth-order valence-corrected chi connectivity index (χ4v) is 3.94. The molecule has 0 radical (unpaired) electrons. The van der Waals surface area contributed by atoms with Crippen molar-refractivity contribution in [3.8, 4) is 0 Å². The standard InChI is InChI=1S/C21H22BN3O2/c23-12-19(17-2-1-3-20-18(17)7-9-25-22(20)27)21(26)11-14-4-5-16-13-24-8-6-15(16)10-14/h1-6,8,10,13,19,25,27H,7,9,11-12,23H2/t19-/m1/s1. The number of carbonyl (C=O) groups is 1. The molecule has 1 aliphatic rings. The second-order valence-corrected chi connectivity index (χ2v) is 7.01. The van der Waals surface area contributed by atoms with Gasteiger partial charge in [0.2, 0.25) is 0 Å². The van der Waals surface area contributed by atoms with Crippen LogP contribution in [0.25, 0.3) is 10.8 Å². The van der Waals surface area contributed by atoms with Crippen LogP contribution in [0.1, 0.15) is 22.6 Å². The molecule has 4 rings (SSSR count). The first-order valence-corrected chi connectivity index (χ1v) is 9.26. The highest BCUT2D eigenvalue weighted by Crippen LogP contribution is 2.24. The second-order valence-electron chi connectivity index (χ2n) is 7.01. The van der Waals surface area contributed by atoms with Gasteiger partial charge in [-0.1, -0.05) is 36.4 Å². The van der Waals surface area contributed by atoms with Crippen molar-refractivity contribution in [2.45, 2.75) is 18.8 Å². The second kappa shape index (κ2) is 7.60. The molecule has 27 heavy (non-hydrogen) atoms. The summed E-state index contributed by atoms with van der Waals surface area (Å²) in [6.07, 6.45) is 4.70. The number of pyridine rings is 1. The van der Waals surface area contributed by atoms with Crippen LogP contribution >= 0.6 is 0 Å². The van der Waals surface area contributed by atoms with Crippen molar-refractivity contribution in [3.63, 3.8) is 0 Å². The summed E-state index contributed by atoms with van der Waals surface area (Å²) in [6, 6.07) is 13.7. The largest absolute Gasteiger partial charge is 0.433 e. The number of benzene rings is 2. The van der Waals surface area contributed by atoms with Crippen molar-refractivity contribution >= 4 is 29.1 Å².